The lowest BCUT2D eigenvalue weighted by molar-refractivity contribution is 0.257. The van der Waals surface area contributed by atoms with Gasteiger partial charge in [0.2, 0.25) is 10.0 Å². The SMILES string of the molecule is CCO/C=C(/C(=C\SNS(=O)(=O)c1ccc(C)cc1)C(C)(C)C)C(C)(C)C. The van der Waals surface area contributed by atoms with Crippen LogP contribution in [-0.2, 0) is 14.8 Å². The molecule has 27 heavy (non-hydrogen) atoms. The summed E-state index contributed by atoms with van der Waals surface area (Å²) in [6.07, 6.45) is 1.80. The van der Waals surface area contributed by atoms with Crippen LogP contribution < -0.4 is 4.13 Å². The molecule has 6 heteroatoms. The Kier molecular flexibility index (Phi) is 8.20. The summed E-state index contributed by atoms with van der Waals surface area (Å²) >= 11 is 1.08. The predicted octanol–water partition coefficient (Wildman–Crippen LogP) is 5.82. The van der Waals surface area contributed by atoms with E-state index in [0.29, 0.717) is 6.61 Å². The van der Waals surface area contributed by atoms with E-state index in [1.54, 1.807) is 30.5 Å². The van der Waals surface area contributed by atoms with Gasteiger partial charge in [-0.3, -0.25) is 0 Å². The van der Waals surface area contributed by atoms with Gasteiger partial charge in [0.05, 0.1) is 17.8 Å². The first-order valence-corrected chi connectivity index (χ1v) is 11.4. The quantitative estimate of drug-likeness (QED) is 0.349. The van der Waals surface area contributed by atoms with Crippen LogP contribution in [0.2, 0.25) is 0 Å². The molecule has 4 nitrogen and oxygen atoms in total. The van der Waals surface area contributed by atoms with Crippen LogP contribution in [0, 0.1) is 17.8 Å². The minimum Gasteiger partial charge on any atom is -0.501 e. The third-order valence-corrected chi connectivity index (χ3v) is 6.45. The van der Waals surface area contributed by atoms with Gasteiger partial charge in [0.15, 0.2) is 0 Å². The fourth-order valence-corrected chi connectivity index (χ4v) is 4.54. The van der Waals surface area contributed by atoms with Gasteiger partial charge in [0, 0.05) is 0 Å². The van der Waals surface area contributed by atoms with Gasteiger partial charge in [-0.05, 0) is 65.3 Å². The molecule has 0 fully saturated rings. The summed E-state index contributed by atoms with van der Waals surface area (Å²) in [6, 6.07) is 6.81. The molecule has 0 radical (unpaired) electrons. The molecule has 0 aliphatic rings. The van der Waals surface area contributed by atoms with Gasteiger partial charge in [0.25, 0.3) is 0 Å². The van der Waals surface area contributed by atoms with E-state index in [-0.39, 0.29) is 15.7 Å². The van der Waals surface area contributed by atoms with E-state index in [0.717, 1.165) is 28.7 Å². The standard InChI is InChI=1S/C21H33NO3S2/c1-9-25-14-18(20(3,4)5)19(21(6,7)8)15-26-22-27(23,24)17-12-10-16(2)11-13-17/h10-15,22H,9H2,1-8H3/b18-14-,19-15+. The second-order valence-electron chi connectivity index (χ2n) is 8.54. The van der Waals surface area contributed by atoms with E-state index in [1.807, 2.05) is 19.3 Å². The smallest absolute Gasteiger partial charge is 0.250 e. The monoisotopic (exact) mass is 411 g/mol. The van der Waals surface area contributed by atoms with Crippen molar-refractivity contribution in [2.45, 2.75) is 60.3 Å². The number of hydrogen-bond acceptors (Lipinski definition) is 4. The van der Waals surface area contributed by atoms with E-state index in [4.69, 9.17) is 4.74 Å². The highest BCUT2D eigenvalue weighted by atomic mass is 32.3. The minimum absolute atomic E-state index is 0.134. The third kappa shape index (κ3) is 7.35. The molecule has 0 saturated carbocycles. The lowest BCUT2D eigenvalue weighted by Crippen LogP contribution is -2.21. The molecule has 0 atom stereocenters. The van der Waals surface area contributed by atoms with Crippen molar-refractivity contribution in [1.82, 2.24) is 4.13 Å². The van der Waals surface area contributed by atoms with Crippen molar-refractivity contribution < 1.29 is 13.2 Å². The van der Waals surface area contributed by atoms with Crippen molar-refractivity contribution >= 4 is 22.0 Å². The number of benzene rings is 1. The molecule has 0 aliphatic carbocycles. The molecule has 0 aromatic heterocycles. The summed E-state index contributed by atoms with van der Waals surface area (Å²) < 4.78 is 33.2. The van der Waals surface area contributed by atoms with E-state index in [1.165, 1.54) is 0 Å². The normalized spacial score (nSPS) is 14.4. The first-order chi connectivity index (χ1) is 12.3. The Labute approximate surface area is 169 Å². The summed E-state index contributed by atoms with van der Waals surface area (Å²) in [6.45, 7) is 17.2. The van der Waals surface area contributed by atoms with Crippen molar-refractivity contribution in [3.8, 4) is 0 Å². The molecule has 0 spiro atoms. The van der Waals surface area contributed by atoms with Gasteiger partial charge in [-0.15, -0.1) is 0 Å². The molecule has 152 valence electrons. The number of rotatable bonds is 7. The van der Waals surface area contributed by atoms with Gasteiger partial charge in [-0.25, -0.2) is 8.42 Å². The van der Waals surface area contributed by atoms with Crippen LogP contribution in [0.4, 0.5) is 0 Å². The molecule has 0 heterocycles. The van der Waals surface area contributed by atoms with Crippen molar-refractivity contribution in [1.29, 1.82) is 0 Å². The highest BCUT2D eigenvalue weighted by Gasteiger charge is 2.29. The van der Waals surface area contributed by atoms with E-state index in [9.17, 15) is 8.42 Å². The zero-order valence-corrected chi connectivity index (χ0v) is 19.3. The van der Waals surface area contributed by atoms with Gasteiger partial charge in [-0.2, -0.15) is 4.13 Å². The predicted molar refractivity (Wildman–Crippen MR) is 116 cm³/mol. The summed E-state index contributed by atoms with van der Waals surface area (Å²) in [5.41, 5.74) is 2.81. The zero-order valence-electron chi connectivity index (χ0n) is 17.7. The number of sulfonamides is 1. The second kappa shape index (κ2) is 9.30. The molecule has 0 bridgehead atoms. The molecular formula is C21H33NO3S2. The first-order valence-electron chi connectivity index (χ1n) is 9.06. The average Bonchev–Trinajstić information content (AvgIpc) is 2.51. The highest BCUT2D eigenvalue weighted by molar-refractivity contribution is 8.10. The third-order valence-electron chi connectivity index (χ3n) is 3.94. The second-order valence-corrected chi connectivity index (χ2v) is 11.2. The Morgan fingerprint density at radius 2 is 1.56 bits per heavy atom. The van der Waals surface area contributed by atoms with E-state index >= 15 is 0 Å². The van der Waals surface area contributed by atoms with Crippen LogP contribution >= 0.6 is 11.9 Å². The molecule has 1 N–H and O–H groups in total. The number of nitrogens with one attached hydrogen (secondary N) is 1. The van der Waals surface area contributed by atoms with Crippen molar-refractivity contribution in [2.75, 3.05) is 6.61 Å². The molecule has 1 rings (SSSR count). The maximum absolute atomic E-state index is 12.5. The van der Waals surface area contributed by atoms with Crippen LogP contribution in [0.15, 0.2) is 52.0 Å². The zero-order chi connectivity index (χ0) is 20.9. The lowest BCUT2D eigenvalue weighted by Gasteiger charge is -2.32. The Morgan fingerprint density at radius 3 is 2.00 bits per heavy atom. The largest absolute Gasteiger partial charge is 0.501 e. The molecule has 1 aromatic carbocycles. The topological polar surface area (TPSA) is 55.4 Å². The highest BCUT2D eigenvalue weighted by Crippen LogP contribution is 2.41. The van der Waals surface area contributed by atoms with Crippen molar-refractivity contribution in [2.24, 2.45) is 10.8 Å². The fourth-order valence-electron chi connectivity index (χ4n) is 2.37. The Hall–Kier alpha value is -1.24. The summed E-state index contributed by atoms with van der Waals surface area (Å²) in [4.78, 5) is 0.257. The molecule has 0 aliphatic heterocycles. The Bertz CT molecular complexity index is 778. The molecular weight excluding hydrogens is 378 g/mol. The summed E-state index contributed by atoms with van der Waals surface area (Å²) in [5.74, 6) is 0. The number of hydrogen-bond donors (Lipinski definition) is 1. The summed E-state index contributed by atoms with van der Waals surface area (Å²) in [7, 11) is -3.58. The minimum atomic E-state index is -3.58. The molecule has 0 amide bonds. The van der Waals surface area contributed by atoms with Gasteiger partial charge < -0.3 is 4.74 Å². The number of ether oxygens (including phenoxy) is 1. The van der Waals surface area contributed by atoms with Crippen LogP contribution in [-0.4, -0.2) is 15.0 Å². The molecule has 1 aromatic rings. The van der Waals surface area contributed by atoms with Gasteiger partial charge >= 0.3 is 0 Å². The van der Waals surface area contributed by atoms with Crippen LogP contribution in [0.25, 0.3) is 0 Å². The van der Waals surface area contributed by atoms with E-state index < -0.39 is 10.0 Å². The fraction of sp³-hybridized carbons (Fsp3) is 0.524. The van der Waals surface area contributed by atoms with Gasteiger partial charge in [0.1, 0.15) is 0 Å². The maximum Gasteiger partial charge on any atom is 0.250 e. The molecule has 0 unspecified atom stereocenters. The Balaban J connectivity index is 3.15. The van der Waals surface area contributed by atoms with Crippen molar-refractivity contribution in [3.05, 3.63) is 52.6 Å². The van der Waals surface area contributed by atoms with Gasteiger partial charge in [-0.1, -0.05) is 59.2 Å². The van der Waals surface area contributed by atoms with Crippen LogP contribution in [0.5, 0.6) is 0 Å². The summed E-state index contributed by atoms with van der Waals surface area (Å²) in [5, 5.41) is 1.88. The van der Waals surface area contributed by atoms with E-state index in [2.05, 4.69) is 45.7 Å². The van der Waals surface area contributed by atoms with Crippen molar-refractivity contribution in [3.63, 3.8) is 0 Å². The number of allylic oxidation sites excluding steroid dienone is 2. The molecule has 0 saturated heterocycles. The average molecular weight is 412 g/mol. The Morgan fingerprint density at radius 1 is 1.04 bits per heavy atom. The number of aryl methyl sites for hydroxylation is 1. The lowest BCUT2D eigenvalue weighted by atomic mass is 9.74. The first kappa shape index (κ1) is 23.8. The maximum atomic E-state index is 12.5. The van der Waals surface area contributed by atoms with Crippen LogP contribution in [0.1, 0.15) is 54.0 Å². The van der Waals surface area contributed by atoms with Crippen LogP contribution in [0.3, 0.4) is 0 Å².